The Hall–Kier alpha value is -3.08. The van der Waals surface area contributed by atoms with Crippen LogP contribution in [0.15, 0.2) is 59.8 Å². The lowest BCUT2D eigenvalue weighted by Gasteiger charge is -2.37. The molecule has 168 valence electrons. The molecule has 0 spiro atoms. The molecule has 4 rings (SSSR count). The number of hydrogen-bond acceptors (Lipinski definition) is 4. The lowest BCUT2D eigenvalue weighted by Crippen LogP contribution is -2.38. The van der Waals surface area contributed by atoms with Crippen LogP contribution < -0.4 is 15.1 Å². The van der Waals surface area contributed by atoms with Crippen molar-refractivity contribution < 1.29 is 9.59 Å². The fraction of sp³-hybridized carbons (Fsp3) is 0.407. The van der Waals surface area contributed by atoms with Crippen molar-refractivity contribution in [2.45, 2.75) is 53.5 Å². The van der Waals surface area contributed by atoms with Gasteiger partial charge in [-0.05, 0) is 55.5 Å². The van der Waals surface area contributed by atoms with Crippen LogP contribution in [-0.2, 0) is 9.59 Å². The Balaban J connectivity index is 1.92. The Morgan fingerprint density at radius 1 is 1.06 bits per heavy atom. The second-order valence-electron chi connectivity index (χ2n) is 9.53. The number of carbonyl (C=O) groups is 2. The predicted octanol–water partition coefficient (Wildman–Crippen LogP) is 5.70. The fourth-order valence-corrected chi connectivity index (χ4v) is 5.11. The summed E-state index contributed by atoms with van der Waals surface area (Å²) in [5, 5.41) is 3.54. The molecule has 0 bridgehead atoms. The van der Waals surface area contributed by atoms with Crippen molar-refractivity contribution in [1.29, 1.82) is 0 Å². The molecule has 32 heavy (non-hydrogen) atoms. The molecule has 2 aromatic carbocycles. The van der Waals surface area contributed by atoms with Crippen LogP contribution in [0.1, 0.15) is 59.1 Å². The summed E-state index contributed by atoms with van der Waals surface area (Å²) >= 11 is 0. The molecule has 0 radical (unpaired) electrons. The van der Waals surface area contributed by atoms with Gasteiger partial charge in [0.15, 0.2) is 5.78 Å². The van der Waals surface area contributed by atoms with Crippen LogP contribution in [0.2, 0.25) is 0 Å². The Morgan fingerprint density at radius 2 is 1.72 bits per heavy atom. The standard InChI is InChI=1S/C27H33N3O2/c1-6-29(7-2)20-14-12-19(13-15-20)26-25-22(16-27(4,5)17-24(25)32)28-21-10-8-9-11-23(21)30(26)18(3)31/h8-15,26,28H,6-7,16-17H2,1-5H3/t26-/m0/s1. The van der Waals surface area contributed by atoms with Crippen molar-refractivity contribution in [3.05, 3.63) is 65.4 Å². The number of benzene rings is 2. The minimum absolute atomic E-state index is 0.0801. The first-order chi connectivity index (χ1) is 15.3. The van der Waals surface area contributed by atoms with Crippen molar-refractivity contribution >= 4 is 28.8 Å². The predicted molar refractivity (Wildman–Crippen MR) is 131 cm³/mol. The van der Waals surface area contributed by atoms with Gasteiger partial charge < -0.3 is 10.2 Å². The molecule has 2 aromatic rings. The van der Waals surface area contributed by atoms with E-state index < -0.39 is 6.04 Å². The summed E-state index contributed by atoms with van der Waals surface area (Å²) in [6, 6.07) is 15.7. The minimum atomic E-state index is -0.451. The number of ketones is 1. The van der Waals surface area contributed by atoms with Crippen LogP contribution in [0.5, 0.6) is 0 Å². The quantitative estimate of drug-likeness (QED) is 0.675. The molecule has 5 nitrogen and oxygen atoms in total. The van der Waals surface area contributed by atoms with Gasteiger partial charge in [-0.2, -0.15) is 0 Å². The van der Waals surface area contributed by atoms with Gasteiger partial charge in [0.2, 0.25) is 5.91 Å². The van der Waals surface area contributed by atoms with Crippen LogP contribution in [0, 0.1) is 5.41 Å². The van der Waals surface area contributed by atoms with E-state index in [1.54, 1.807) is 11.8 Å². The molecule has 5 heteroatoms. The van der Waals surface area contributed by atoms with Crippen LogP contribution in [0.25, 0.3) is 0 Å². The van der Waals surface area contributed by atoms with Gasteiger partial charge in [-0.3, -0.25) is 14.5 Å². The number of allylic oxidation sites excluding steroid dienone is 1. The van der Waals surface area contributed by atoms with E-state index >= 15 is 0 Å². The Labute approximate surface area is 191 Å². The zero-order chi connectivity index (χ0) is 23.0. The molecule has 0 unspecified atom stereocenters. The molecule has 0 aromatic heterocycles. The molecule has 2 aliphatic rings. The maximum atomic E-state index is 13.5. The third kappa shape index (κ3) is 3.92. The van der Waals surface area contributed by atoms with Crippen LogP contribution >= 0.6 is 0 Å². The second kappa shape index (κ2) is 8.45. The minimum Gasteiger partial charge on any atom is -0.372 e. The van der Waals surface area contributed by atoms with Gasteiger partial charge in [-0.15, -0.1) is 0 Å². The highest BCUT2D eigenvalue weighted by atomic mass is 16.2. The van der Waals surface area contributed by atoms with Crippen molar-refractivity contribution in [3.8, 4) is 0 Å². The number of anilines is 3. The molecule has 0 saturated heterocycles. The average molecular weight is 432 g/mol. The maximum absolute atomic E-state index is 13.5. The molecule has 1 N–H and O–H groups in total. The van der Waals surface area contributed by atoms with Gasteiger partial charge in [0.25, 0.3) is 0 Å². The van der Waals surface area contributed by atoms with Gasteiger partial charge in [0.05, 0.1) is 17.4 Å². The van der Waals surface area contributed by atoms with E-state index in [-0.39, 0.29) is 17.1 Å². The summed E-state index contributed by atoms with van der Waals surface area (Å²) in [7, 11) is 0. The van der Waals surface area contributed by atoms with Crippen LogP contribution in [0.3, 0.4) is 0 Å². The zero-order valence-electron chi connectivity index (χ0n) is 19.7. The SMILES string of the molecule is CCN(CC)c1ccc([C@H]2C3=C(CC(C)(C)CC3=O)Nc3ccccc3N2C(C)=O)cc1. The molecule has 1 aliphatic carbocycles. The van der Waals surface area contributed by atoms with E-state index in [1.165, 1.54) is 0 Å². The van der Waals surface area contributed by atoms with Crippen molar-refractivity contribution in [2.24, 2.45) is 5.41 Å². The van der Waals surface area contributed by atoms with Gasteiger partial charge in [-0.25, -0.2) is 0 Å². The van der Waals surface area contributed by atoms with E-state index in [2.05, 4.69) is 62.2 Å². The number of nitrogens with one attached hydrogen (secondary N) is 1. The second-order valence-corrected chi connectivity index (χ2v) is 9.53. The number of carbonyl (C=O) groups excluding carboxylic acids is 2. The van der Waals surface area contributed by atoms with E-state index in [0.29, 0.717) is 12.0 Å². The van der Waals surface area contributed by atoms with E-state index in [4.69, 9.17) is 0 Å². The first-order valence-corrected chi connectivity index (χ1v) is 11.5. The van der Waals surface area contributed by atoms with E-state index in [1.807, 2.05) is 24.3 Å². The monoisotopic (exact) mass is 431 g/mol. The summed E-state index contributed by atoms with van der Waals surface area (Å²) in [4.78, 5) is 30.6. The van der Waals surface area contributed by atoms with Crippen molar-refractivity contribution in [2.75, 3.05) is 28.2 Å². The Morgan fingerprint density at radius 3 is 2.34 bits per heavy atom. The number of hydrogen-bond donors (Lipinski definition) is 1. The molecule has 1 atom stereocenters. The molecular formula is C27H33N3O2. The number of amides is 1. The van der Waals surface area contributed by atoms with Gasteiger partial charge in [0, 0.05) is 43.4 Å². The third-order valence-electron chi connectivity index (χ3n) is 6.58. The van der Waals surface area contributed by atoms with Gasteiger partial charge in [-0.1, -0.05) is 38.1 Å². The summed E-state index contributed by atoms with van der Waals surface area (Å²) in [6.45, 7) is 12.0. The highest BCUT2D eigenvalue weighted by Gasteiger charge is 2.42. The number of para-hydroxylation sites is 2. The zero-order valence-corrected chi connectivity index (χ0v) is 19.7. The van der Waals surface area contributed by atoms with Crippen LogP contribution in [0.4, 0.5) is 17.1 Å². The largest absolute Gasteiger partial charge is 0.372 e. The summed E-state index contributed by atoms with van der Waals surface area (Å²) in [5.74, 6) is 0.0316. The first kappa shape index (κ1) is 22.1. The van der Waals surface area contributed by atoms with Crippen molar-refractivity contribution in [1.82, 2.24) is 0 Å². The number of Topliss-reactive ketones (excluding diaryl/α,β-unsaturated/α-hetero) is 1. The van der Waals surface area contributed by atoms with Gasteiger partial charge >= 0.3 is 0 Å². The fourth-order valence-electron chi connectivity index (χ4n) is 5.11. The molecule has 1 heterocycles. The summed E-state index contributed by atoms with van der Waals surface area (Å²) < 4.78 is 0. The first-order valence-electron chi connectivity index (χ1n) is 11.5. The number of nitrogens with zero attached hydrogens (tertiary/aromatic N) is 2. The highest BCUT2D eigenvalue weighted by Crippen LogP contribution is 2.48. The lowest BCUT2D eigenvalue weighted by molar-refractivity contribution is -0.118. The number of rotatable bonds is 4. The molecule has 0 fully saturated rings. The number of fused-ring (bicyclic) bond motifs is 1. The molecule has 1 amide bonds. The van der Waals surface area contributed by atoms with Gasteiger partial charge in [0.1, 0.15) is 0 Å². The molecule has 1 aliphatic heterocycles. The maximum Gasteiger partial charge on any atom is 0.224 e. The molecular weight excluding hydrogens is 398 g/mol. The topological polar surface area (TPSA) is 52.7 Å². The third-order valence-corrected chi connectivity index (χ3v) is 6.58. The summed E-state index contributed by atoms with van der Waals surface area (Å²) in [5.41, 5.74) is 5.29. The van der Waals surface area contributed by atoms with Crippen LogP contribution in [-0.4, -0.2) is 24.8 Å². The van der Waals surface area contributed by atoms with E-state index in [0.717, 1.165) is 47.8 Å². The van der Waals surface area contributed by atoms with E-state index in [9.17, 15) is 9.59 Å². The Kier molecular flexibility index (Phi) is 5.85. The van der Waals surface area contributed by atoms with Crippen molar-refractivity contribution in [3.63, 3.8) is 0 Å². The normalized spacial score (nSPS) is 19.6. The Bertz CT molecular complexity index is 1060. The highest BCUT2D eigenvalue weighted by molar-refractivity contribution is 6.05. The summed E-state index contributed by atoms with van der Waals surface area (Å²) in [6.07, 6.45) is 1.24. The molecule has 0 saturated carbocycles. The smallest absolute Gasteiger partial charge is 0.224 e. The lowest BCUT2D eigenvalue weighted by atomic mass is 9.73. The average Bonchev–Trinajstić information content (AvgIpc) is 2.88.